The molecule has 0 bridgehead atoms. The highest BCUT2D eigenvalue weighted by atomic mass is 16.1. The summed E-state index contributed by atoms with van der Waals surface area (Å²) in [6.45, 7) is 10.0. The maximum atomic E-state index is 13.7. The van der Waals surface area contributed by atoms with Crippen LogP contribution in [-0.2, 0) is 6.54 Å². The molecular weight excluding hydrogens is 388 g/mol. The van der Waals surface area contributed by atoms with E-state index in [4.69, 9.17) is 10.7 Å². The third-order valence-corrected chi connectivity index (χ3v) is 5.25. The quantitative estimate of drug-likeness (QED) is 0.398. The zero-order valence-electron chi connectivity index (χ0n) is 17.8. The van der Waals surface area contributed by atoms with E-state index in [0.717, 1.165) is 22.4 Å². The second kappa shape index (κ2) is 8.02. The van der Waals surface area contributed by atoms with Crippen LogP contribution in [-0.4, -0.2) is 25.4 Å². The van der Waals surface area contributed by atoms with Gasteiger partial charge in [-0.1, -0.05) is 36.9 Å². The Morgan fingerprint density at radius 3 is 2.61 bits per heavy atom. The van der Waals surface area contributed by atoms with Crippen molar-refractivity contribution in [3.05, 3.63) is 88.4 Å². The van der Waals surface area contributed by atoms with E-state index < -0.39 is 0 Å². The molecule has 4 aromatic rings. The fourth-order valence-electron chi connectivity index (χ4n) is 3.76. The number of aromatic nitrogens is 4. The van der Waals surface area contributed by atoms with Crippen LogP contribution in [0.25, 0.3) is 22.2 Å². The van der Waals surface area contributed by atoms with E-state index in [-0.39, 0.29) is 5.56 Å². The number of nitrogens with two attached hydrogens (primary N) is 1. The highest BCUT2D eigenvalue weighted by molar-refractivity contribution is 5.81. The van der Waals surface area contributed by atoms with E-state index in [1.54, 1.807) is 10.9 Å². The minimum absolute atomic E-state index is 0.100. The van der Waals surface area contributed by atoms with E-state index >= 15 is 0 Å². The molecule has 2 aromatic heterocycles. The molecule has 0 saturated carbocycles. The van der Waals surface area contributed by atoms with Crippen molar-refractivity contribution in [3.8, 4) is 5.69 Å². The highest BCUT2D eigenvalue weighted by Crippen LogP contribution is 2.26. The molecule has 7 heteroatoms. The summed E-state index contributed by atoms with van der Waals surface area (Å²) in [6.07, 6.45) is 2.90. The predicted octanol–water partition coefficient (Wildman–Crippen LogP) is 3.90. The number of para-hydroxylation sites is 1. The van der Waals surface area contributed by atoms with Gasteiger partial charge in [-0.25, -0.2) is 15.0 Å². The molecule has 0 atom stereocenters. The molecule has 156 valence electrons. The topological polar surface area (TPSA) is 91.1 Å². The second-order valence-electron chi connectivity index (χ2n) is 7.53. The van der Waals surface area contributed by atoms with Crippen LogP contribution >= 0.6 is 0 Å². The lowest BCUT2D eigenvalue weighted by Crippen LogP contribution is -2.26. The van der Waals surface area contributed by atoms with Crippen LogP contribution in [0.3, 0.4) is 0 Å². The molecule has 4 rings (SSSR count). The Bertz CT molecular complexity index is 1390. The number of aryl methyl sites for hydroxylation is 2. The lowest BCUT2D eigenvalue weighted by atomic mass is 10.1. The number of hydrogen-bond acceptors (Lipinski definition) is 4. The van der Waals surface area contributed by atoms with Gasteiger partial charge >= 0.3 is 0 Å². The Labute approximate surface area is 180 Å². The summed E-state index contributed by atoms with van der Waals surface area (Å²) < 4.78 is 3.51. The van der Waals surface area contributed by atoms with Gasteiger partial charge in [-0.15, -0.1) is 0 Å². The third-order valence-electron chi connectivity index (χ3n) is 5.25. The molecule has 0 saturated heterocycles. The number of imidazole rings is 1. The SMILES string of the molecule is C=C(C)c1ncn(Cc2nc3cccc(C)c3c(=O)n2-c2ccccc2C)c1/N=C\N. The molecule has 7 nitrogen and oxygen atoms in total. The normalized spacial score (nSPS) is 11.5. The van der Waals surface area contributed by atoms with E-state index in [1.165, 1.54) is 6.34 Å². The lowest BCUT2D eigenvalue weighted by molar-refractivity contribution is 0.709. The average molecular weight is 412 g/mol. The van der Waals surface area contributed by atoms with E-state index in [2.05, 4.69) is 16.6 Å². The largest absolute Gasteiger partial charge is 0.390 e. The number of nitrogens with zero attached hydrogens (tertiary/aromatic N) is 5. The van der Waals surface area contributed by atoms with Crippen molar-refractivity contribution in [2.45, 2.75) is 27.3 Å². The molecule has 0 spiro atoms. The van der Waals surface area contributed by atoms with Crippen LogP contribution in [0.15, 0.2) is 65.2 Å². The number of benzene rings is 2. The standard InChI is InChI=1S/C24H24N6O/c1-15(2)22-23(26-13-25)29(14-27-22)12-20-28-18-10-7-9-17(4)21(18)24(31)30(20)19-11-6-5-8-16(19)3/h5-11,13-14H,1,12H2,2-4H3,(H2,25,26). The van der Waals surface area contributed by atoms with Crippen molar-refractivity contribution in [2.75, 3.05) is 0 Å². The highest BCUT2D eigenvalue weighted by Gasteiger charge is 2.18. The molecular formula is C24H24N6O. The first kappa shape index (κ1) is 20.3. The first-order valence-electron chi connectivity index (χ1n) is 9.95. The fourth-order valence-corrected chi connectivity index (χ4v) is 3.76. The summed E-state index contributed by atoms with van der Waals surface area (Å²) >= 11 is 0. The van der Waals surface area contributed by atoms with Gasteiger partial charge in [0.05, 0.1) is 35.8 Å². The molecule has 0 fully saturated rings. The van der Waals surface area contributed by atoms with Crippen LogP contribution in [0, 0.1) is 13.8 Å². The van der Waals surface area contributed by atoms with Crippen LogP contribution in [0.4, 0.5) is 5.82 Å². The molecule has 0 unspecified atom stereocenters. The molecule has 0 amide bonds. The van der Waals surface area contributed by atoms with E-state index in [9.17, 15) is 4.79 Å². The number of rotatable bonds is 5. The van der Waals surface area contributed by atoms with Crippen LogP contribution in [0.2, 0.25) is 0 Å². The second-order valence-corrected chi connectivity index (χ2v) is 7.53. The van der Waals surface area contributed by atoms with Crippen LogP contribution < -0.4 is 11.3 Å². The maximum absolute atomic E-state index is 13.7. The number of aliphatic imine (C=N–C) groups is 1. The fraction of sp³-hybridized carbons (Fsp3) is 0.167. The molecule has 2 aromatic carbocycles. The Balaban J connectivity index is 2.01. The summed E-state index contributed by atoms with van der Waals surface area (Å²) in [4.78, 5) is 27.3. The Morgan fingerprint density at radius 2 is 1.90 bits per heavy atom. The monoisotopic (exact) mass is 412 g/mol. The summed E-state index contributed by atoms with van der Waals surface area (Å²) in [5, 5.41) is 0.614. The van der Waals surface area contributed by atoms with Crippen molar-refractivity contribution in [1.82, 2.24) is 19.1 Å². The zero-order chi connectivity index (χ0) is 22.1. The number of fused-ring (bicyclic) bond motifs is 1. The minimum Gasteiger partial charge on any atom is -0.390 e. The van der Waals surface area contributed by atoms with Gasteiger partial charge in [0.15, 0.2) is 5.82 Å². The van der Waals surface area contributed by atoms with E-state index in [1.807, 2.05) is 67.8 Å². The first-order chi connectivity index (χ1) is 14.9. The molecule has 2 heterocycles. The number of hydrogen-bond donors (Lipinski definition) is 1. The van der Waals surface area contributed by atoms with Gasteiger partial charge in [0.25, 0.3) is 5.56 Å². The Kier molecular flexibility index (Phi) is 5.25. The molecule has 2 N–H and O–H groups in total. The number of allylic oxidation sites excluding steroid dienone is 1. The lowest BCUT2D eigenvalue weighted by Gasteiger charge is -2.17. The van der Waals surface area contributed by atoms with Crippen molar-refractivity contribution in [2.24, 2.45) is 10.7 Å². The Hall–Kier alpha value is -4.00. The molecule has 0 aliphatic rings. The zero-order valence-corrected chi connectivity index (χ0v) is 17.8. The van der Waals surface area contributed by atoms with Gasteiger partial charge in [-0.3, -0.25) is 9.36 Å². The van der Waals surface area contributed by atoms with Gasteiger partial charge in [-0.05, 0) is 49.6 Å². The summed E-state index contributed by atoms with van der Waals surface area (Å²) in [6, 6.07) is 13.5. The third kappa shape index (κ3) is 3.54. The van der Waals surface area contributed by atoms with Crippen LogP contribution in [0.1, 0.15) is 29.6 Å². The molecule has 0 aliphatic carbocycles. The van der Waals surface area contributed by atoms with Crippen LogP contribution in [0.5, 0.6) is 0 Å². The Morgan fingerprint density at radius 1 is 1.16 bits per heavy atom. The van der Waals surface area contributed by atoms with Gasteiger partial charge in [0, 0.05) is 0 Å². The van der Waals surface area contributed by atoms with Crippen molar-refractivity contribution >= 4 is 28.6 Å². The van der Waals surface area contributed by atoms with Gasteiger partial charge in [-0.2, -0.15) is 0 Å². The van der Waals surface area contributed by atoms with Gasteiger partial charge in [0.2, 0.25) is 0 Å². The average Bonchev–Trinajstić information content (AvgIpc) is 3.12. The summed E-state index contributed by atoms with van der Waals surface area (Å²) in [7, 11) is 0. The van der Waals surface area contributed by atoms with E-state index in [0.29, 0.717) is 34.8 Å². The predicted molar refractivity (Wildman–Crippen MR) is 125 cm³/mol. The molecule has 0 radical (unpaired) electrons. The van der Waals surface area contributed by atoms with Crippen molar-refractivity contribution in [3.63, 3.8) is 0 Å². The summed E-state index contributed by atoms with van der Waals surface area (Å²) in [5.41, 5.74) is 10.2. The molecule has 0 aliphatic heterocycles. The summed E-state index contributed by atoms with van der Waals surface area (Å²) in [5.74, 6) is 1.15. The van der Waals surface area contributed by atoms with Crippen molar-refractivity contribution < 1.29 is 0 Å². The smallest absolute Gasteiger partial charge is 0.266 e. The van der Waals surface area contributed by atoms with Gasteiger partial charge < -0.3 is 10.3 Å². The molecule has 31 heavy (non-hydrogen) atoms. The minimum atomic E-state index is -0.100. The first-order valence-corrected chi connectivity index (χ1v) is 9.95. The van der Waals surface area contributed by atoms with Gasteiger partial charge in [0.1, 0.15) is 11.5 Å². The maximum Gasteiger partial charge on any atom is 0.266 e. The van der Waals surface area contributed by atoms with Crippen molar-refractivity contribution in [1.29, 1.82) is 0 Å².